The molecule has 1 aliphatic carbocycles. The number of aromatic nitrogens is 3. The van der Waals surface area contributed by atoms with Gasteiger partial charge in [0.05, 0.1) is 11.8 Å². The highest BCUT2D eigenvalue weighted by Crippen LogP contribution is 2.37. The normalized spacial score (nSPS) is 25.0. The molecule has 1 saturated carbocycles. The molecule has 20 heavy (non-hydrogen) atoms. The Bertz CT molecular complexity index is 615. The molecule has 2 aromatic heterocycles. The monoisotopic (exact) mass is 311 g/mol. The molecule has 0 spiro atoms. The molecule has 1 atom stereocenters. The summed E-state index contributed by atoms with van der Waals surface area (Å²) in [6, 6.07) is 2.17. The minimum Gasteiger partial charge on any atom is -0.325 e. The lowest BCUT2D eigenvalue weighted by atomic mass is 9.79. The summed E-state index contributed by atoms with van der Waals surface area (Å²) in [5, 5.41) is 0.841. The molecule has 5 heteroatoms. The Balaban J connectivity index is 1.94. The van der Waals surface area contributed by atoms with E-state index in [0.717, 1.165) is 17.0 Å². The Morgan fingerprint density at radius 3 is 2.65 bits per heavy atom. The molecule has 0 saturated heterocycles. The Kier molecular flexibility index (Phi) is 3.91. The predicted octanol–water partition coefficient (Wildman–Crippen LogP) is 5.13. The zero-order chi connectivity index (χ0) is 14.3. The maximum absolute atomic E-state index is 6.26. The second kappa shape index (κ2) is 5.53. The van der Waals surface area contributed by atoms with Crippen LogP contribution in [-0.4, -0.2) is 14.5 Å². The summed E-state index contributed by atoms with van der Waals surface area (Å²) in [5.41, 5.74) is 1.73. The third kappa shape index (κ3) is 2.53. The lowest BCUT2D eigenvalue weighted by Crippen LogP contribution is -2.21. The van der Waals surface area contributed by atoms with Crippen molar-refractivity contribution in [2.24, 2.45) is 11.8 Å². The van der Waals surface area contributed by atoms with Crippen molar-refractivity contribution in [2.75, 3.05) is 0 Å². The number of nitrogens with zero attached hydrogens (tertiary/aromatic N) is 3. The van der Waals surface area contributed by atoms with Crippen molar-refractivity contribution in [2.45, 2.75) is 45.6 Å². The molecule has 1 aliphatic rings. The second-order valence-corrected chi connectivity index (χ2v) is 6.76. The molecule has 2 heterocycles. The summed E-state index contributed by atoms with van der Waals surface area (Å²) in [5.74, 6) is 1.55. The Morgan fingerprint density at radius 2 is 1.95 bits per heavy atom. The van der Waals surface area contributed by atoms with Gasteiger partial charge in [0.15, 0.2) is 5.15 Å². The molecule has 0 bridgehead atoms. The van der Waals surface area contributed by atoms with E-state index in [1.54, 1.807) is 6.07 Å². The van der Waals surface area contributed by atoms with E-state index in [1.807, 2.05) is 6.33 Å². The van der Waals surface area contributed by atoms with Crippen LogP contribution in [-0.2, 0) is 0 Å². The van der Waals surface area contributed by atoms with Crippen LogP contribution < -0.4 is 0 Å². The highest BCUT2D eigenvalue weighted by Gasteiger charge is 2.26. The average molecular weight is 312 g/mol. The molecule has 1 fully saturated rings. The second-order valence-electron chi connectivity index (χ2n) is 6.02. The molecular weight excluding hydrogens is 293 g/mol. The number of pyridine rings is 1. The van der Waals surface area contributed by atoms with E-state index < -0.39 is 0 Å². The Morgan fingerprint density at radius 1 is 1.25 bits per heavy atom. The quantitative estimate of drug-likeness (QED) is 0.720. The van der Waals surface area contributed by atoms with Gasteiger partial charge in [0.2, 0.25) is 0 Å². The van der Waals surface area contributed by atoms with Gasteiger partial charge in [-0.25, -0.2) is 9.97 Å². The summed E-state index contributed by atoms with van der Waals surface area (Å²) in [6.07, 6.45) is 7.07. The molecule has 2 aromatic rings. The van der Waals surface area contributed by atoms with Crippen LogP contribution in [0.1, 0.15) is 45.6 Å². The molecular formula is C15H19Cl2N3. The first-order valence-electron chi connectivity index (χ1n) is 7.25. The maximum atomic E-state index is 6.26. The standard InChI is InChI=1S/C15H19Cl2N3/c1-9-3-5-11(6-4-9)10(2)20-8-18-12-7-13(16)19-15(17)14(12)20/h7-11H,3-6H2,1-2H3. The largest absolute Gasteiger partial charge is 0.325 e. The lowest BCUT2D eigenvalue weighted by Gasteiger charge is -2.31. The van der Waals surface area contributed by atoms with Gasteiger partial charge in [-0.2, -0.15) is 0 Å². The minimum atomic E-state index is 0.395. The highest BCUT2D eigenvalue weighted by molar-refractivity contribution is 6.36. The van der Waals surface area contributed by atoms with Gasteiger partial charge in [-0.05, 0) is 31.6 Å². The van der Waals surface area contributed by atoms with E-state index in [2.05, 4.69) is 28.4 Å². The molecule has 3 nitrogen and oxygen atoms in total. The van der Waals surface area contributed by atoms with Crippen LogP contribution in [0.3, 0.4) is 0 Å². The fourth-order valence-electron chi connectivity index (χ4n) is 3.29. The zero-order valence-corrected chi connectivity index (χ0v) is 13.3. The highest BCUT2D eigenvalue weighted by atomic mass is 35.5. The first-order chi connectivity index (χ1) is 9.56. The topological polar surface area (TPSA) is 30.7 Å². The van der Waals surface area contributed by atoms with Crippen molar-refractivity contribution in [3.05, 3.63) is 22.7 Å². The first kappa shape index (κ1) is 14.2. The Labute approximate surface area is 129 Å². The first-order valence-corrected chi connectivity index (χ1v) is 8.00. The predicted molar refractivity (Wildman–Crippen MR) is 83.4 cm³/mol. The summed E-state index contributed by atoms with van der Waals surface area (Å²) in [4.78, 5) is 8.57. The van der Waals surface area contributed by atoms with Crippen molar-refractivity contribution in [3.63, 3.8) is 0 Å². The van der Waals surface area contributed by atoms with Gasteiger partial charge in [0.25, 0.3) is 0 Å². The van der Waals surface area contributed by atoms with E-state index in [4.69, 9.17) is 23.2 Å². The fourth-order valence-corrected chi connectivity index (χ4v) is 3.81. The third-order valence-electron chi connectivity index (χ3n) is 4.66. The summed E-state index contributed by atoms with van der Waals surface area (Å²) in [6.45, 7) is 4.60. The summed E-state index contributed by atoms with van der Waals surface area (Å²) in [7, 11) is 0. The molecule has 0 radical (unpaired) electrons. The van der Waals surface area contributed by atoms with E-state index in [1.165, 1.54) is 25.7 Å². The molecule has 3 rings (SSSR count). The van der Waals surface area contributed by atoms with Gasteiger partial charge in [-0.3, -0.25) is 0 Å². The molecule has 0 amide bonds. The minimum absolute atomic E-state index is 0.395. The van der Waals surface area contributed by atoms with Crippen LogP contribution in [0.15, 0.2) is 12.4 Å². The summed E-state index contributed by atoms with van der Waals surface area (Å²) < 4.78 is 2.17. The zero-order valence-electron chi connectivity index (χ0n) is 11.8. The maximum Gasteiger partial charge on any atom is 0.156 e. The fraction of sp³-hybridized carbons (Fsp3) is 0.600. The van der Waals surface area contributed by atoms with Crippen molar-refractivity contribution >= 4 is 34.2 Å². The van der Waals surface area contributed by atoms with Crippen LogP contribution >= 0.6 is 23.2 Å². The van der Waals surface area contributed by atoms with Crippen molar-refractivity contribution < 1.29 is 0 Å². The molecule has 108 valence electrons. The number of fused-ring (bicyclic) bond motifs is 1. The van der Waals surface area contributed by atoms with Gasteiger partial charge in [0.1, 0.15) is 10.7 Å². The Hall–Kier alpha value is -0.800. The van der Waals surface area contributed by atoms with Gasteiger partial charge in [0, 0.05) is 12.1 Å². The van der Waals surface area contributed by atoms with Gasteiger partial charge < -0.3 is 4.57 Å². The third-order valence-corrected chi connectivity index (χ3v) is 5.12. The molecule has 0 N–H and O–H groups in total. The molecule has 0 aromatic carbocycles. The van der Waals surface area contributed by atoms with Crippen LogP contribution in [0.25, 0.3) is 11.0 Å². The number of rotatable bonds is 2. The average Bonchev–Trinajstić information content (AvgIpc) is 2.82. The van der Waals surface area contributed by atoms with E-state index in [9.17, 15) is 0 Å². The van der Waals surface area contributed by atoms with Crippen LogP contribution in [0.5, 0.6) is 0 Å². The van der Waals surface area contributed by atoms with Gasteiger partial charge >= 0.3 is 0 Å². The van der Waals surface area contributed by atoms with Crippen LogP contribution in [0.2, 0.25) is 10.3 Å². The molecule has 1 unspecified atom stereocenters. The van der Waals surface area contributed by atoms with E-state index in [0.29, 0.717) is 22.3 Å². The number of hydrogen-bond donors (Lipinski definition) is 0. The number of hydrogen-bond acceptors (Lipinski definition) is 2. The number of imidazole rings is 1. The van der Waals surface area contributed by atoms with E-state index in [-0.39, 0.29) is 0 Å². The number of halogens is 2. The van der Waals surface area contributed by atoms with Crippen molar-refractivity contribution in [1.29, 1.82) is 0 Å². The van der Waals surface area contributed by atoms with Crippen LogP contribution in [0, 0.1) is 11.8 Å². The van der Waals surface area contributed by atoms with Crippen molar-refractivity contribution in [3.8, 4) is 0 Å². The van der Waals surface area contributed by atoms with Crippen LogP contribution in [0.4, 0.5) is 0 Å². The van der Waals surface area contributed by atoms with Gasteiger partial charge in [-0.1, -0.05) is 43.0 Å². The smallest absolute Gasteiger partial charge is 0.156 e. The summed E-state index contributed by atoms with van der Waals surface area (Å²) >= 11 is 12.2. The molecule has 0 aliphatic heterocycles. The van der Waals surface area contributed by atoms with Crippen molar-refractivity contribution in [1.82, 2.24) is 14.5 Å². The van der Waals surface area contributed by atoms with Gasteiger partial charge in [-0.15, -0.1) is 0 Å². The lowest BCUT2D eigenvalue weighted by molar-refractivity contribution is 0.227. The van der Waals surface area contributed by atoms with E-state index >= 15 is 0 Å². The SMILES string of the molecule is CC1CCC(C(C)n2cnc3cc(Cl)nc(Cl)c32)CC1.